The minimum atomic E-state index is -3.79. The van der Waals surface area contributed by atoms with Crippen LogP contribution < -0.4 is 0 Å². The molecule has 2 N–H and O–H groups in total. The summed E-state index contributed by atoms with van der Waals surface area (Å²) in [5.41, 5.74) is 0. The number of hydroxylamine groups is 3. The van der Waals surface area contributed by atoms with Crippen molar-refractivity contribution in [3.63, 3.8) is 0 Å². The molecule has 0 saturated heterocycles. The molecule has 0 aliphatic carbocycles. The van der Waals surface area contributed by atoms with Crippen LogP contribution in [0.15, 0.2) is 0 Å². The molecule has 8 heteroatoms. The fourth-order valence-corrected chi connectivity index (χ4v) is 3.17. The van der Waals surface area contributed by atoms with Crippen LogP contribution in [-0.4, -0.2) is 48.8 Å². The molecule has 0 radical (unpaired) electrons. The lowest BCUT2D eigenvalue weighted by molar-refractivity contribution is -1.36. The zero-order chi connectivity index (χ0) is 17.6. The van der Waals surface area contributed by atoms with Crippen LogP contribution in [0.1, 0.15) is 64.2 Å². The van der Waals surface area contributed by atoms with Crippen LogP contribution in [0.4, 0.5) is 0 Å². The van der Waals surface area contributed by atoms with E-state index in [0.29, 0.717) is 13.0 Å². The van der Waals surface area contributed by atoms with E-state index in [2.05, 4.69) is 0 Å². The molecule has 140 valence electrons. The predicted octanol–water partition coefficient (Wildman–Crippen LogP) is 3.57. The number of quaternary nitrogens is 1. The Bertz CT molecular complexity index is 311. The van der Waals surface area contributed by atoms with Gasteiger partial charge in [-0.1, -0.05) is 44.9 Å². The van der Waals surface area contributed by atoms with Crippen LogP contribution >= 0.6 is 7.60 Å². The molecular formula is C15H35NO6P+. The first-order chi connectivity index (χ1) is 10.9. The smallest absolute Gasteiger partial charge is 0.324 e. The lowest BCUT2D eigenvalue weighted by Crippen LogP contribution is -2.45. The van der Waals surface area contributed by atoms with Gasteiger partial charge in [0.25, 0.3) is 0 Å². The van der Waals surface area contributed by atoms with Crippen molar-refractivity contribution in [3.8, 4) is 0 Å². The summed E-state index contributed by atoms with van der Waals surface area (Å²) in [6.07, 6.45) is 10.7. The Morgan fingerprint density at radius 2 is 1.04 bits per heavy atom. The van der Waals surface area contributed by atoms with Gasteiger partial charge in [-0.05, 0) is 12.8 Å². The highest BCUT2D eigenvalue weighted by Gasteiger charge is 2.29. The normalized spacial score (nSPS) is 12.7. The average Bonchev–Trinajstić information content (AvgIpc) is 2.52. The molecule has 0 unspecified atom stereocenters. The van der Waals surface area contributed by atoms with Crippen molar-refractivity contribution in [1.82, 2.24) is 0 Å². The molecule has 0 aromatic carbocycles. The van der Waals surface area contributed by atoms with Crippen molar-refractivity contribution in [1.29, 1.82) is 0 Å². The first kappa shape index (κ1) is 23.0. The van der Waals surface area contributed by atoms with Crippen molar-refractivity contribution >= 4 is 7.60 Å². The van der Waals surface area contributed by atoms with E-state index in [-0.39, 0.29) is 11.1 Å². The van der Waals surface area contributed by atoms with E-state index in [1.165, 1.54) is 25.7 Å². The molecule has 0 rings (SSSR count). The van der Waals surface area contributed by atoms with Gasteiger partial charge in [-0.15, -0.1) is 14.5 Å². The summed E-state index contributed by atoms with van der Waals surface area (Å²) in [5.74, 6) is 0. The third kappa shape index (κ3) is 13.0. The van der Waals surface area contributed by atoms with Gasteiger partial charge in [0.05, 0.1) is 4.97 Å². The molecule has 0 aromatic rings. The summed E-state index contributed by atoms with van der Waals surface area (Å²) in [4.78, 5) is 32.8. The fourth-order valence-electron chi connectivity index (χ4n) is 2.53. The second-order valence-electron chi connectivity index (χ2n) is 5.81. The zero-order valence-electron chi connectivity index (χ0n) is 14.9. The molecule has 0 aliphatic heterocycles. The van der Waals surface area contributed by atoms with Crippen molar-refractivity contribution < 1.29 is 33.8 Å². The van der Waals surface area contributed by atoms with Crippen LogP contribution in [-0.2, 0) is 19.1 Å². The first-order valence-corrected chi connectivity index (χ1v) is 10.3. The Morgan fingerprint density at radius 1 is 0.696 bits per heavy atom. The van der Waals surface area contributed by atoms with E-state index in [0.717, 1.165) is 32.1 Å². The van der Waals surface area contributed by atoms with E-state index in [1.54, 1.807) is 21.3 Å². The average molecular weight is 356 g/mol. The molecule has 0 heterocycles. The maximum Gasteiger partial charge on any atom is 0.325 e. The van der Waals surface area contributed by atoms with Gasteiger partial charge in [0.15, 0.2) is 6.54 Å². The Balaban J connectivity index is 3.36. The Kier molecular flexibility index (Phi) is 13.3. The molecule has 7 nitrogen and oxygen atoms in total. The van der Waals surface area contributed by atoms with Crippen LogP contribution in [0.5, 0.6) is 0 Å². The van der Waals surface area contributed by atoms with Crippen LogP contribution in [0, 0.1) is 0 Å². The minimum absolute atomic E-state index is 0.0252. The Labute approximate surface area is 140 Å². The van der Waals surface area contributed by atoms with E-state index < -0.39 is 7.60 Å². The summed E-state index contributed by atoms with van der Waals surface area (Å²) in [7, 11) is 0.897. The van der Waals surface area contributed by atoms with Gasteiger partial charge >= 0.3 is 7.60 Å². The second kappa shape index (κ2) is 13.3. The number of hydrogen-bond acceptors (Lipinski definition) is 4. The van der Waals surface area contributed by atoms with E-state index in [1.807, 2.05) is 0 Å². The summed E-state index contributed by atoms with van der Waals surface area (Å²) in [6.45, 7) is 0.670. The lowest BCUT2D eigenvalue weighted by Gasteiger charge is -2.24. The monoisotopic (exact) mass is 356 g/mol. The fraction of sp³-hybridized carbons (Fsp3) is 1.00. The lowest BCUT2D eigenvalue weighted by atomic mass is 10.1. The number of unbranched alkanes of at least 4 members (excludes halogenated alkanes) is 9. The molecule has 0 aromatic heterocycles. The number of nitrogens with zero attached hydrogens (tertiary/aromatic N) is 1. The van der Waals surface area contributed by atoms with Gasteiger partial charge in [0.1, 0.15) is 21.3 Å². The SMILES string of the molecule is CO[N+](CCCCCCCCCCCCP(=O)(O)O)(OC)OC. The zero-order valence-corrected chi connectivity index (χ0v) is 15.8. The van der Waals surface area contributed by atoms with Gasteiger partial charge in [-0.3, -0.25) is 4.57 Å². The quantitative estimate of drug-likeness (QED) is 0.190. The van der Waals surface area contributed by atoms with Gasteiger partial charge < -0.3 is 9.79 Å². The molecule has 0 atom stereocenters. The van der Waals surface area contributed by atoms with Crippen LogP contribution in [0.3, 0.4) is 0 Å². The van der Waals surface area contributed by atoms with Crippen LogP contribution in [0.25, 0.3) is 0 Å². The number of hydrogen-bond donors (Lipinski definition) is 2. The summed E-state index contributed by atoms with van der Waals surface area (Å²) in [5, 5.41) is 0. The highest BCUT2D eigenvalue weighted by Crippen LogP contribution is 2.35. The molecule has 0 amide bonds. The largest absolute Gasteiger partial charge is 0.325 e. The second-order valence-corrected chi connectivity index (χ2v) is 7.58. The third-order valence-electron chi connectivity index (χ3n) is 3.97. The topological polar surface area (TPSA) is 85.2 Å². The molecule has 23 heavy (non-hydrogen) atoms. The Hall–Kier alpha value is -0.0100. The maximum atomic E-state index is 10.7. The Morgan fingerprint density at radius 3 is 1.39 bits per heavy atom. The molecule has 0 bridgehead atoms. The maximum absolute atomic E-state index is 10.7. The molecule has 0 saturated carbocycles. The van der Waals surface area contributed by atoms with Gasteiger partial charge in [0, 0.05) is 12.6 Å². The van der Waals surface area contributed by atoms with Crippen molar-refractivity contribution in [2.75, 3.05) is 34.0 Å². The summed E-state index contributed by atoms with van der Waals surface area (Å²) >= 11 is 0. The summed E-state index contributed by atoms with van der Waals surface area (Å²) < 4.78 is 10.7. The van der Waals surface area contributed by atoms with Crippen molar-refractivity contribution in [2.45, 2.75) is 64.2 Å². The first-order valence-electron chi connectivity index (χ1n) is 8.49. The van der Waals surface area contributed by atoms with Gasteiger partial charge in [-0.25, -0.2) is 0 Å². The molecular weight excluding hydrogens is 321 g/mol. The van der Waals surface area contributed by atoms with Crippen molar-refractivity contribution in [3.05, 3.63) is 0 Å². The van der Waals surface area contributed by atoms with E-state index in [9.17, 15) is 4.57 Å². The van der Waals surface area contributed by atoms with Crippen LogP contribution in [0.2, 0.25) is 0 Å². The standard InChI is InChI=1S/C15H34NO6P/c1-20-16(21-2,22-3)14-12-10-8-6-4-5-7-9-11-13-15-23(17,18)19/h4-15H2,1-3H3,(H-,17,18,19)/p+1. The highest BCUT2D eigenvalue weighted by atomic mass is 31.2. The van der Waals surface area contributed by atoms with Gasteiger partial charge in [-0.2, -0.15) is 0 Å². The molecule has 0 spiro atoms. The number of rotatable bonds is 16. The molecule has 0 aliphatic rings. The van der Waals surface area contributed by atoms with Crippen molar-refractivity contribution in [2.24, 2.45) is 0 Å². The minimum Gasteiger partial charge on any atom is -0.324 e. The highest BCUT2D eigenvalue weighted by molar-refractivity contribution is 7.51. The summed E-state index contributed by atoms with van der Waals surface area (Å²) in [6, 6.07) is 0. The molecule has 0 fully saturated rings. The predicted molar refractivity (Wildman–Crippen MR) is 89.2 cm³/mol. The van der Waals surface area contributed by atoms with E-state index in [4.69, 9.17) is 24.3 Å². The van der Waals surface area contributed by atoms with Gasteiger partial charge in [0.2, 0.25) is 0 Å². The third-order valence-corrected chi connectivity index (χ3v) is 4.86. The van der Waals surface area contributed by atoms with E-state index >= 15 is 0 Å².